The lowest BCUT2D eigenvalue weighted by Gasteiger charge is -2.17. The van der Waals surface area contributed by atoms with Crippen LogP contribution in [0.3, 0.4) is 0 Å². The summed E-state index contributed by atoms with van der Waals surface area (Å²) in [7, 11) is 0. The molecule has 0 saturated heterocycles. The maximum atomic E-state index is 11.1. The number of nitrogens with zero attached hydrogens (tertiary/aromatic N) is 1. The molecule has 0 spiro atoms. The molecule has 0 amide bonds. The molecule has 19 heavy (non-hydrogen) atoms. The Morgan fingerprint density at radius 3 is 3.11 bits per heavy atom. The van der Waals surface area contributed by atoms with Gasteiger partial charge in [-0.2, -0.15) is 5.10 Å². The Morgan fingerprint density at radius 2 is 2.32 bits per heavy atom. The van der Waals surface area contributed by atoms with Gasteiger partial charge in [-0.05, 0) is 36.1 Å². The van der Waals surface area contributed by atoms with Crippen LogP contribution in [0.5, 0.6) is 5.75 Å². The first-order valence-electron chi connectivity index (χ1n) is 6.00. The van der Waals surface area contributed by atoms with Crippen molar-refractivity contribution in [1.29, 1.82) is 0 Å². The van der Waals surface area contributed by atoms with Gasteiger partial charge in [0.15, 0.2) is 11.5 Å². The van der Waals surface area contributed by atoms with E-state index < -0.39 is 5.97 Å². The first kappa shape index (κ1) is 11.6. The van der Waals surface area contributed by atoms with Gasteiger partial charge in [0.1, 0.15) is 5.75 Å². The van der Waals surface area contributed by atoms with Crippen molar-refractivity contribution in [3.63, 3.8) is 0 Å². The van der Waals surface area contributed by atoms with Crippen LogP contribution in [0.25, 0.3) is 11.1 Å². The van der Waals surface area contributed by atoms with E-state index in [4.69, 9.17) is 15.6 Å². The lowest BCUT2D eigenvalue weighted by Crippen LogP contribution is -2.08. The van der Waals surface area contributed by atoms with Crippen molar-refractivity contribution in [3.8, 4) is 16.9 Å². The first-order chi connectivity index (χ1) is 9.16. The van der Waals surface area contributed by atoms with Crippen LogP contribution in [-0.2, 0) is 6.42 Å². The molecular formula is C13H13N3O3. The number of aryl methyl sites for hydroxylation is 1. The summed E-state index contributed by atoms with van der Waals surface area (Å²) in [6.07, 6.45) is 1.88. The number of nitrogen functional groups attached to an aromatic ring is 1. The fraction of sp³-hybridized carbons (Fsp3) is 0.231. The number of nitrogens with two attached hydrogens (primary N) is 1. The summed E-state index contributed by atoms with van der Waals surface area (Å²) < 4.78 is 5.53. The number of hydrogen-bond donors (Lipinski definition) is 3. The zero-order valence-corrected chi connectivity index (χ0v) is 10.1. The lowest BCUT2D eigenvalue weighted by atomic mass is 9.98. The largest absolute Gasteiger partial charge is 0.493 e. The fourth-order valence-electron chi connectivity index (χ4n) is 2.32. The maximum Gasteiger partial charge on any atom is 0.354 e. The van der Waals surface area contributed by atoms with E-state index in [9.17, 15) is 4.79 Å². The molecule has 6 heteroatoms. The molecule has 1 aromatic carbocycles. The number of aromatic nitrogens is 2. The molecule has 0 atom stereocenters. The normalized spacial score (nSPS) is 13.7. The molecule has 0 saturated carbocycles. The summed E-state index contributed by atoms with van der Waals surface area (Å²) in [5.41, 5.74) is 8.00. The van der Waals surface area contributed by atoms with Crippen molar-refractivity contribution >= 4 is 11.8 Å². The zero-order chi connectivity index (χ0) is 13.4. The molecule has 2 aromatic rings. The number of aromatic amines is 1. The third kappa shape index (κ3) is 1.91. The van der Waals surface area contributed by atoms with Gasteiger partial charge in [-0.25, -0.2) is 4.79 Å². The number of rotatable bonds is 2. The molecule has 0 radical (unpaired) electrons. The summed E-state index contributed by atoms with van der Waals surface area (Å²) in [6, 6.07) is 5.57. The Morgan fingerprint density at radius 1 is 1.47 bits per heavy atom. The van der Waals surface area contributed by atoms with Gasteiger partial charge in [-0.1, -0.05) is 6.07 Å². The van der Waals surface area contributed by atoms with Gasteiger partial charge in [0.2, 0.25) is 0 Å². The number of benzene rings is 1. The number of carboxylic acid groups (broad SMARTS) is 1. The number of nitrogens with one attached hydrogen (secondary N) is 1. The number of carbonyl (C=O) groups is 1. The van der Waals surface area contributed by atoms with E-state index in [0.717, 1.165) is 36.3 Å². The second kappa shape index (κ2) is 4.31. The number of ether oxygens (including phenoxy) is 1. The molecule has 0 bridgehead atoms. The third-order valence-electron chi connectivity index (χ3n) is 3.21. The van der Waals surface area contributed by atoms with Crippen LogP contribution < -0.4 is 10.5 Å². The van der Waals surface area contributed by atoms with Crippen molar-refractivity contribution < 1.29 is 14.6 Å². The average molecular weight is 259 g/mol. The second-order valence-corrected chi connectivity index (χ2v) is 4.44. The molecule has 1 aliphatic rings. The Hall–Kier alpha value is -2.50. The number of aromatic carboxylic acids is 1. The minimum absolute atomic E-state index is 0.00850. The SMILES string of the molecule is Nc1n[nH]c(C(=O)O)c1-c1ccc2c(c1)CCCO2. The minimum Gasteiger partial charge on any atom is -0.493 e. The molecule has 2 heterocycles. The van der Waals surface area contributed by atoms with Gasteiger partial charge >= 0.3 is 5.97 Å². The van der Waals surface area contributed by atoms with Gasteiger partial charge < -0.3 is 15.6 Å². The van der Waals surface area contributed by atoms with Gasteiger partial charge in [0.25, 0.3) is 0 Å². The highest BCUT2D eigenvalue weighted by Crippen LogP contribution is 2.33. The standard InChI is InChI=1S/C13H13N3O3/c14-12-10(11(13(17)18)15-16-12)8-3-4-9-7(6-8)2-1-5-19-9/h3-4,6H,1-2,5H2,(H,17,18)(H3,14,15,16). The Kier molecular flexibility index (Phi) is 2.63. The van der Waals surface area contributed by atoms with Crippen molar-refractivity contribution in [2.45, 2.75) is 12.8 Å². The molecule has 4 N–H and O–H groups in total. The van der Waals surface area contributed by atoms with Crippen molar-refractivity contribution in [2.24, 2.45) is 0 Å². The van der Waals surface area contributed by atoms with Crippen LogP contribution in [0.4, 0.5) is 5.82 Å². The van der Waals surface area contributed by atoms with E-state index in [-0.39, 0.29) is 11.5 Å². The summed E-state index contributed by atoms with van der Waals surface area (Å²) in [6.45, 7) is 0.723. The van der Waals surface area contributed by atoms with Crippen molar-refractivity contribution in [3.05, 3.63) is 29.5 Å². The smallest absolute Gasteiger partial charge is 0.354 e. The van der Waals surface area contributed by atoms with Crippen LogP contribution in [0.15, 0.2) is 18.2 Å². The summed E-state index contributed by atoms with van der Waals surface area (Å²) in [5.74, 6) is -0.0313. The molecule has 1 aliphatic heterocycles. The highest BCUT2D eigenvalue weighted by atomic mass is 16.5. The zero-order valence-electron chi connectivity index (χ0n) is 10.1. The van der Waals surface area contributed by atoms with E-state index in [1.54, 1.807) is 6.07 Å². The van der Waals surface area contributed by atoms with Crippen LogP contribution in [0, 0.1) is 0 Å². The summed E-state index contributed by atoms with van der Waals surface area (Å²) in [4.78, 5) is 11.1. The summed E-state index contributed by atoms with van der Waals surface area (Å²) in [5, 5.41) is 15.3. The molecule has 0 fully saturated rings. The van der Waals surface area contributed by atoms with Gasteiger partial charge in [-0.3, -0.25) is 5.10 Å². The number of anilines is 1. The van der Waals surface area contributed by atoms with Crippen LogP contribution in [0.1, 0.15) is 22.5 Å². The van der Waals surface area contributed by atoms with E-state index >= 15 is 0 Å². The van der Waals surface area contributed by atoms with E-state index in [0.29, 0.717) is 5.56 Å². The maximum absolute atomic E-state index is 11.1. The highest BCUT2D eigenvalue weighted by Gasteiger charge is 2.20. The summed E-state index contributed by atoms with van der Waals surface area (Å²) >= 11 is 0. The Balaban J connectivity index is 2.12. The topological polar surface area (TPSA) is 101 Å². The second-order valence-electron chi connectivity index (χ2n) is 4.44. The lowest BCUT2D eigenvalue weighted by molar-refractivity contribution is 0.0691. The number of hydrogen-bond acceptors (Lipinski definition) is 4. The average Bonchev–Trinajstić information content (AvgIpc) is 2.80. The number of fused-ring (bicyclic) bond motifs is 1. The first-order valence-corrected chi connectivity index (χ1v) is 6.00. The van der Waals surface area contributed by atoms with Crippen molar-refractivity contribution in [2.75, 3.05) is 12.3 Å². The molecule has 3 rings (SSSR count). The van der Waals surface area contributed by atoms with Gasteiger partial charge in [-0.15, -0.1) is 0 Å². The van der Waals surface area contributed by atoms with Crippen LogP contribution in [-0.4, -0.2) is 27.9 Å². The Labute approximate surface area is 109 Å². The van der Waals surface area contributed by atoms with Crippen molar-refractivity contribution in [1.82, 2.24) is 10.2 Å². The number of H-pyrrole nitrogens is 1. The molecule has 98 valence electrons. The molecule has 0 aliphatic carbocycles. The predicted molar refractivity (Wildman–Crippen MR) is 69.2 cm³/mol. The monoisotopic (exact) mass is 259 g/mol. The highest BCUT2D eigenvalue weighted by molar-refractivity contribution is 5.97. The van der Waals surface area contributed by atoms with Gasteiger partial charge in [0.05, 0.1) is 12.2 Å². The van der Waals surface area contributed by atoms with E-state index in [1.165, 1.54) is 0 Å². The van der Waals surface area contributed by atoms with E-state index in [2.05, 4.69) is 10.2 Å². The number of carboxylic acids is 1. The fourth-order valence-corrected chi connectivity index (χ4v) is 2.32. The quantitative estimate of drug-likeness (QED) is 0.761. The van der Waals surface area contributed by atoms with E-state index in [1.807, 2.05) is 12.1 Å². The Bertz CT molecular complexity index is 649. The molecular weight excluding hydrogens is 246 g/mol. The molecule has 0 unspecified atom stereocenters. The predicted octanol–water partition coefficient (Wildman–Crippen LogP) is 1.68. The third-order valence-corrected chi connectivity index (χ3v) is 3.21. The minimum atomic E-state index is -1.08. The van der Waals surface area contributed by atoms with Gasteiger partial charge in [0, 0.05) is 0 Å². The molecule has 1 aromatic heterocycles. The van der Waals surface area contributed by atoms with Crippen LogP contribution in [0.2, 0.25) is 0 Å². The van der Waals surface area contributed by atoms with Crippen LogP contribution >= 0.6 is 0 Å². The molecule has 6 nitrogen and oxygen atoms in total.